The van der Waals surface area contributed by atoms with E-state index in [-0.39, 0.29) is 0 Å². The monoisotopic (exact) mass is 211 g/mol. The Labute approximate surface area is 97.8 Å². The lowest BCUT2D eigenvalue weighted by Crippen LogP contribution is -2.10. The van der Waals surface area contributed by atoms with Gasteiger partial charge in [-0.15, -0.1) is 0 Å². The van der Waals surface area contributed by atoms with Gasteiger partial charge in [-0.05, 0) is 18.3 Å². The van der Waals surface area contributed by atoms with Crippen LogP contribution in [0.3, 0.4) is 0 Å². The molecule has 0 aromatic carbocycles. The Hall–Kier alpha value is 0. The van der Waals surface area contributed by atoms with E-state index in [2.05, 4.69) is 27.7 Å². The molecule has 0 aliphatic carbocycles. The molecule has 0 N–H and O–H groups in total. The Bertz CT molecular complexity index is 124. The summed E-state index contributed by atoms with van der Waals surface area (Å²) in [6, 6.07) is 0. The minimum Gasteiger partial charge on any atom is -0.0654 e. The molecule has 0 saturated carbocycles. The highest BCUT2D eigenvalue weighted by Gasteiger charge is 2.15. The van der Waals surface area contributed by atoms with Gasteiger partial charge in [-0.2, -0.15) is 0 Å². The normalized spacial score (nSPS) is 12.0. The quantitative estimate of drug-likeness (QED) is 0.402. The summed E-state index contributed by atoms with van der Waals surface area (Å²) in [7, 11) is 0. The molecule has 1 radical (unpaired) electrons. The van der Waals surface area contributed by atoms with Crippen molar-refractivity contribution in [3.8, 4) is 0 Å². The first-order valence-electron chi connectivity index (χ1n) is 6.91. The van der Waals surface area contributed by atoms with E-state index in [1.807, 2.05) is 0 Å². The fourth-order valence-corrected chi connectivity index (χ4v) is 2.16. The Balaban J connectivity index is 3.22. The molecule has 0 heterocycles. The molecule has 0 rings (SSSR count). The average Bonchev–Trinajstić information content (AvgIpc) is 2.16. The second kappa shape index (κ2) is 9.24. The van der Waals surface area contributed by atoms with Crippen LogP contribution in [0.15, 0.2) is 0 Å². The summed E-state index contributed by atoms with van der Waals surface area (Å²) in [5.74, 6) is 0. The van der Waals surface area contributed by atoms with Crippen molar-refractivity contribution in [3.63, 3.8) is 0 Å². The van der Waals surface area contributed by atoms with Crippen LogP contribution >= 0.6 is 0 Å². The summed E-state index contributed by atoms with van der Waals surface area (Å²) in [6.45, 7) is 11.0. The maximum absolute atomic E-state index is 3.95. The highest BCUT2D eigenvalue weighted by Crippen LogP contribution is 2.29. The van der Waals surface area contributed by atoms with Gasteiger partial charge in [-0.25, -0.2) is 0 Å². The van der Waals surface area contributed by atoms with E-state index in [0.717, 1.165) is 6.42 Å². The SMILES string of the molecule is [CH2]CCC(C)(C)CCCCCCCCC. The van der Waals surface area contributed by atoms with Gasteiger partial charge >= 0.3 is 0 Å². The summed E-state index contributed by atoms with van der Waals surface area (Å²) in [4.78, 5) is 0. The third-order valence-corrected chi connectivity index (χ3v) is 3.31. The first-order chi connectivity index (χ1) is 7.12. The minimum atomic E-state index is 0.533. The van der Waals surface area contributed by atoms with Crippen molar-refractivity contribution in [1.29, 1.82) is 0 Å². The molecule has 0 atom stereocenters. The molecular weight excluding hydrogens is 180 g/mol. The van der Waals surface area contributed by atoms with Gasteiger partial charge in [0.15, 0.2) is 0 Å². The van der Waals surface area contributed by atoms with E-state index >= 15 is 0 Å². The van der Waals surface area contributed by atoms with E-state index in [9.17, 15) is 0 Å². The van der Waals surface area contributed by atoms with Crippen LogP contribution in [-0.2, 0) is 0 Å². The van der Waals surface area contributed by atoms with Crippen LogP contribution < -0.4 is 0 Å². The van der Waals surface area contributed by atoms with Crippen molar-refractivity contribution in [2.75, 3.05) is 0 Å². The van der Waals surface area contributed by atoms with E-state index in [4.69, 9.17) is 0 Å². The first kappa shape index (κ1) is 15.0. The molecule has 0 nitrogen and oxygen atoms in total. The fourth-order valence-electron chi connectivity index (χ4n) is 2.16. The molecule has 0 bridgehead atoms. The third-order valence-electron chi connectivity index (χ3n) is 3.31. The highest BCUT2D eigenvalue weighted by molar-refractivity contribution is 4.68. The predicted molar refractivity (Wildman–Crippen MR) is 71.0 cm³/mol. The standard InChI is InChI=1S/C15H31/c1-5-7-8-9-10-11-12-14-15(3,4)13-6-2/h2,5-14H2,1,3-4H3. The second-order valence-corrected chi connectivity index (χ2v) is 5.64. The van der Waals surface area contributed by atoms with Crippen LogP contribution in [0.1, 0.15) is 85.0 Å². The Morgan fingerprint density at radius 3 is 1.87 bits per heavy atom. The largest absolute Gasteiger partial charge is 0.0654 e. The number of hydrogen-bond donors (Lipinski definition) is 0. The Morgan fingerprint density at radius 2 is 1.33 bits per heavy atom. The van der Waals surface area contributed by atoms with Crippen LogP contribution in [-0.4, -0.2) is 0 Å². The molecule has 0 saturated heterocycles. The Kier molecular flexibility index (Phi) is 9.24. The molecule has 0 amide bonds. The van der Waals surface area contributed by atoms with E-state index in [1.165, 1.54) is 57.8 Å². The van der Waals surface area contributed by atoms with Crippen molar-refractivity contribution >= 4 is 0 Å². The van der Waals surface area contributed by atoms with Crippen molar-refractivity contribution in [1.82, 2.24) is 0 Å². The zero-order chi connectivity index (χ0) is 11.6. The van der Waals surface area contributed by atoms with Gasteiger partial charge in [0.1, 0.15) is 0 Å². The molecule has 15 heavy (non-hydrogen) atoms. The lowest BCUT2D eigenvalue weighted by atomic mass is 9.83. The van der Waals surface area contributed by atoms with Gasteiger partial charge < -0.3 is 0 Å². The van der Waals surface area contributed by atoms with Crippen LogP contribution in [0.2, 0.25) is 0 Å². The van der Waals surface area contributed by atoms with Crippen LogP contribution in [0.5, 0.6) is 0 Å². The van der Waals surface area contributed by atoms with Crippen molar-refractivity contribution in [2.45, 2.75) is 85.0 Å². The molecular formula is C15H31. The summed E-state index contributed by atoms with van der Waals surface area (Å²) in [6.07, 6.45) is 13.7. The maximum atomic E-state index is 3.95. The van der Waals surface area contributed by atoms with Crippen molar-refractivity contribution in [2.24, 2.45) is 5.41 Å². The van der Waals surface area contributed by atoms with Crippen LogP contribution in [0, 0.1) is 12.3 Å². The molecule has 91 valence electrons. The van der Waals surface area contributed by atoms with Gasteiger partial charge in [-0.1, -0.05) is 79.1 Å². The molecule has 0 unspecified atom stereocenters. The van der Waals surface area contributed by atoms with E-state index in [1.54, 1.807) is 0 Å². The van der Waals surface area contributed by atoms with Gasteiger partial charge in [0.2, 0.25) is 0 Å². The van der Waals surface area contributed by atoms with Gasteiger partial charge in [0.25, 0.3) is 0 Å². The molecule has 0 heteroatoms. The Morgan fingerprint density at radius 1 is 0.800 bits per heavy atom. The zero-order valence-corrected chi connectivity index (χ0v) is 11.3. The fraction of sp³-hybridized carbons (Fsp3) is 0.933. The zero-order valence-electron chi connectivity index (χ0n) is 11.3. The lowest BCUT2D eigenvalue weighted by Gasteiger charge is -2.23. The van der Waals surface area contributed by atoms with Gasteiger partial charge in [0.05, 0.1) is 0 Å². The molecule has 0 aromatic heterocycles. The molecule has 0 spiro atoms. The summed E-state index contributed by atoms with van der Waals surface area (Å²) in [5, 5.41) is 0. The number of unbranched alkanes of at least 4 members (excludes halogenated alkanes) is 6. The maximum Gasteiger partial charge on any atom is -0.0354 e. The number of hydrogen-bond acceptors (Lipinski definition) is 0. The predicted octanol–water partition coefficient (Wildman–Crippen LogP) is 5.77. The lowest BCUT2D eigenvalue weighted by molar-refractivity contribution is 0.296. The smallest absolute Gasteiger partial charge is 0.0354 e. The van der Waals surface area contributed by atoms with E-state index in [0.29, 0.717) is 5.41 Å². The summed E-state index contributed by atoms with van der Waals surface area (Å²) >= 11 is 0. The van der Waals surface area contributed by atoms with Crippen LogP contribution in [0.4, 0.5) is 0 Å². The second-order valence-electron chi connectivity index (χ2n) is 5.64. The molecule has 0 aliphatic rings. The molecule has 0 aromatic rings. The topological polar surface area (TPSA) is 0 Å². The highest BCUT2D eigenvalue weighted by atomic mass is 14.2. The van der Waals surface area contributed by atoms with Crippen LogP contribution in [0.25, 0.3) is 0 Å². The molecule has 0 fully saturated rings. The summed E-state index contributed by atoms with van der Waals surface area (Å²) in [5.41, 5.74) is 0.533. The molecule has 0 aliphatic heterocycles. The third kappa shape index (κ3) is 10.3. The van der Waals surface area contributed by atoms with Gasteiger partial charge in [-0.3, -0.25) is 0 Å². The minimum absolute atomic E-state index is 0.533. The first-order valence-corrected chi connectivity index (χ1v) is 6.91. The van der Waals surface area contributed by atoms with Crippen molar-refractivity contribution < 1.29 is 0 Å². The average molecular weight is 211 g/mol. The summed E-state index contributed by atoms with van der Waals surface area (Å²) < 4.78 is 0. The van der Waals surface area contributed by atoms with Crippen molar-refractivity contribution in [3.05, 3.63) is 6.92 Å². The number of rotatable bonds is 10. The van der Waals surface area contributed by atoms with Gasteiger partial charge in [0, 0.05) is 0 Å². The van der Waals surface area contributed by atoms with E-state index < -0.39 is 0 Å².